The van der Waals surface area contributed by atoms with Gasteiger partial charge < -0.3 is 15.2 Å². The number of rotatable bonds is 3. The molecule has 2 heterocycles. The minimum Gasteiger partial charge on any atom is -0.370 e. The lowest BCUT2D eigenvalue weighted by molar-refractivity contribution is 0.428. The fourth-order valence-corrected chi connectivity index (χ4v) is 2.83. The number of hydrogen-bond acceptors (Lipinski definition) is 2. The summed E-state index contributed by atoms with van der Waals surface area (Å²) in [7, 11) is 0. The molecular weight excluding hydrogens is 293 g/mol. The number of imidazole rings is 1. The first kappa shape index (κ1) is 15.5. The van der Waals surface area contributed by atoms with Crippen molar-refractivity contribution in [3.05, 3.63) is 48.3 Å². The highest BCUT2D eigenvalue weighted by Gasteiger charge is 2.11. The normalized spacial score (nSPS) is 16.4. The first-order valence-electron chi connectivity index (χ1n) is 8.05. The van der Waals surface area contributed by atoms with Gasteiger partial charge in [-0.3, -0.25) is 0 Å². The number of aromatic nitrogens is 2. The Morgan fingerprint density at radius 3 is 2.65 bits per heavy atom. The van der Waals surface area contributed by atoms with Gasteiger partial charge in [0.15, 0.2) is 5.96 Å². The standard InChI is InChI=1S/C17H22FN5/c18-15-11-14(5-6-16(15)23-10-7-20-13-23)12-21-17(19)22-8-3-1-2-4-9-22/h5-7,10-11,13H,1-4,8-9,12H2,(H2,19,21). The summed E-state index contributed by atoms with van der Waals surface area (Å²) in [6.45, 7) is 2.32. The lowest BCUT2D eigenvalue weighted by atomic mass is 10.2. The number of hydrogen-bond donors (Lipinski definition) is 1. The van der Waals surface area contributed by atoms with Crippen LogP contribution >= 0.6 is 0 Å². The number of nitrogens with two attached hydrogens (primary N) is 1. The molecule has 0 atom stereocenters. The van der Waals surface area contributed by atoms with Crippen molar-refractivity contribution in [3.63, 3.8) is 0 Å². The van der Waals surface area contributed by atoms with Gasteiger partial charge in [-0.1, -0.05) is 18.9 Å². The Labute approximate surface area is 135 Å². The van der Waals surface area contributed by atoms with E-state index in [9.17, 15) is 4.39 Å². The molecule has 0 unspecified atom stereocenters. The van der Waals surface area contributed by atoms with Gasteiger partial charge in [-0.05, 0) is 30.5 Å². The lowest BCUT2D eigenvalue weighted by Crippen LogP contribution is -2.38. The number of nitrogens with zero attached hydrogens (tertiary/aromatic N) is 4. The minimum atomic E-state index is -0.288. The number of aliphatic imine (C=N–C) groups is 1. The van der Waals surface area contributed by atoms with Gasteiger partial charge in [0.2, 0.25) is 0 Å². The quantitative estimate of drug-likeness (QED) is 0.700. The predicted octanol–water partition coefficient (Wildman–Crippen LogP) is 2.70. The van der Waals surface area contributed by atoms with Gasteiger partial charge in [0, 0.05) is 25.5 Å². The van der Waals surface area contributed by atoms with Crippen LogP contribution in [0.15, 0.2) is 41.9 Å². The van der Waals surface area contributed by atoms with Crippen LogP contribution in [-0.4, -0.2) is 33.5 Å². The van der Waals surface area contributed by atoms with E-state index < -0.39 is 0 Å². The van der Waals surface area contributed by atoms with E-state index >= 15 is 0 Å². The molecule has 1 fully saturated rings. The van der Waals surface area contributed by atoms with E-state index in [1.807, 2.05) is 6.07 Å². The average molecular weight is 315 g/mol. The smallest absolute Gasteiger partial charge is 0.191 e. The van der Waals surface area contributed by atoms with Crippen LogP contribution in [0.3, 0.4) is 0 Å². The van der Waals surface area contributed by atoms with E-state index in [-0.39, 0.29) is 5.82 Å². The van der Waals surface area contributed by atoms with Crippen LogP contribution in [0.2, 0.25) is 0 Å². The highest BCUT2D eigenvalue weighted by molar-refractivity contribution is 5.78. The summed E-state index contributed by atoms with van der Waals surface area (Å²) >= 11 is 0. The van der Waals surface area contributed by atoms with Crippen molar-refractivity contribution < 1.29 is 4.39 Å². The summed E-state index contributed by atoms with van der Waals surface area (Å²) in [6.07, 6.45) is 9.74. The van der Waals surface area contributed by atoms with Crippen molar-refractivity contribution in [2.75, 3.05) is 13.1 Å². The first-order valence-corrected chi connectivity index (χ1v) is 8.05. The Morgan fingerprint density at radius 1 is 1.22 bits per heavy atom. The molecule has 1 aromatic heterocycles. The first-order chi connectivity index (χ1) is 11.2. The molecule has 0 aliphatic carbocycles. The maximum atomic E-state index is 14.2. The van der Waals surface area contributed by atoms with Gasteiger partial charge in [-0.15, -0.1) is 0 Å². The van der Waals surface area contributed by atoms with E-state index in [2.05, 4.69) is 14.9 Å². The zero-order valence-corrected chi connectivity index (χ0v) is 13.2. The van der Waals surface area contributed by atoms with Crippen LogP contribution in [0.4, 0.5) is 4.39 Å². The highest BCUT2D eigenvalue weighted by atomic mass is 19.1. The Balaban J connectivity index is 1.68. The summed E-state index contributed by atoms with van der Waals surface area (Å²) in [4.78, 5) is 10.5. The topological polar surface area (TPSA) is 59.4 Å². The van der Waals surface area contributed by atoms with Crippen molar-refractivity contribution in [2.45, 2.75) is 32.2 Å². The zero-order chi connectivity index (χ0) is 16.1. The molecule has 1 aliphatic heterocycles. The molecule has 1 aliphatic rings. The fraction of sp³-hybridized carbons (Fsp3) is 0.412. The Morgan fingerprint density at radius 2 is 2.00 bits per heavy atom. The van der Waals surface area contributed by atoms with Crippen LogP contribution in [0.25, 0.3) is 5.69 Å². The molecule has 0 saturated carbocycles. The van der Waals surface area contributed by atoms with Gasteiger partial charge in [-0.2, -0.15) is 0 Å². The number of halogens is 1. The molecule has 0 spiro atoms. The molecule has 23 heavy (non-hydrogen) atoms. The molecule has 1 aromatic carbocycles. The second-order valence-electron chi connectivity index (χ2n) is 5.83. The third kappa shape index (κ3) is 3.88. The van der Waals surface area contributed by atoms with Gasteiger partial charge in [0.1, 0.15) is 5.82 Å². The molecule has 3 rings (SSSR count). The van der Waals surface area contributed by atoms with Crippen LogP contribution in [-0.2, 0) is 6.54 Å². The molecule has 0 bridgehead atoms. The Hall–Kier alpha value is -2.37. The second kappa shape index (κ2) is 7.26. The second-order valence-corrected chi connectivity index (χ2v) is 5.83. The van der Waals surface area contributed by atoms with Crippen LogP contribution < -0.4 is 5.73 Å². The predicted molar refractivity (Wildman–Crippen MR) is 88.9 cm³/mol. The van der Waals surface area contributed by atoms with Crippen molar-refractivity contribution in [1.29, 1.82) is 0 Å². The van der Waals surface area contributed by atoms with E-state index in [1.165, 1.54) is 18.9 Å². The van der Waals surface area contributed by atoms with E-state index in [0.29, 0.717) is 18.2 Å². The van der Waals surface area contributed by atoms with Gasteiger partial charge in [0.25, 0.3) is 0 Å². The lowest BCUT2D eigenvalue weighted by Gasteiger charge is -2.21. The van der Waals surface area contributed by atoms with E-state index in [1.54, 1.807) is 29.4 Å². The fourth-order valence-electron chi connectivity index (χ4n) is 2.83. The van der Waals surface area contributed by atoms with Gasteiger partial charge in [0.05, 0.1) is 18.6 Å². The molecule has 122 valence electrons. The highest BCUT2D eigenvalue weighted by Crippen LogP contribution is 2.16. The summed E-state index contributed by atoms with van der Waals surface area (Å²) in [5.74, 6) is 0.273. The van der Waals surface area contributed by atoms with Crippen molar-refractivity contribution >= 4 is 5.96 Å². The van der Waals surface area contributed by atoms with Crippen molar-refractivity contribution in [2.24, 2.45) is 10.7 Å². The van der Waals surface area contributed by atoms with Crippen LogP contribution in [0.5, 0.6) is 0 Å². The third-order valence-corrected chi connectivity index (χ3v) is 4.15. The van der Waals surface area contributed by atoms with E-state index in [4.69, 9.17) is 5.73 Å². The van der Waals surface area contributed by atoms with Gasteiger partial charge >= 0.3 is 0 Å². The molecule has 0 amide bonds. The zero-order valence-electron chi connectivity index (χ0n) is 13.2. The van der Waals surface area contributed by atoms with Gasteiger partial charge in [-0.25, -0.2) is 14.4 Å². The monoisotopic (exact) mass is 315 g/mol. The molecule has 2 N–H and O–H groups in total. The van der Waals surface area contributed by atoms with Crippen LogP contribution in [0.1, 0.15) is 31.2 Å². The molecule has 0 radical (unpaired) electrons. The molecular formula is C17H22FN5. The number of likely N-dealkylation sites (tertiary alicyclic amines) is 1. The van der Waals surface area contributed by atoms with E-state index in [0.717, 1.165) is 31.5 Å². The van der Waals surface area contributed by atoms with Crippen molar-refractivity contribution in [1.82, 2.24) is 14.5 Å². The summed E-state index contributed by atoms with van der Waals surface area (Å²) in [5.41, 5.74) is 7.37. The summed E-state index contributed by atoms with van der Waals surface area (Å²) < 4.78 is 15.9. The number of benzene rings is 1. The SMILES string of the molecule is NC(=NCc1ccc(-n2ccnc2)c(F)c1)N1CCCCCC1. The minimum absolute atomic E-state index is 0.288. The maximum absolute atomic E-state index is 14.2. The Kier molecular flexibility index (Phi) is 4.90. The average Bonchev–Trinajstić information content (AvgIpc) is 2.94. The molecule has 2 aromatic rings. The molecule has 5 nitrogen and oxygen atoms in total. The van der Waals surface area contributed by atoms with Crippen molar-refractivity contribution in [3.8, 4) is 5.69 Å². The molecule has 1 saturated heterocycles. The molecule has 6 heteroatoms. The summed E-state index contributed by atoms with van der Waals surface area (Å²) in [5, 5.41) is 0. The van der Waals surface area contributed by atoms with Crippen LogP contribution in [0, 0.1) is 5.82 Å². The number of guanidine groups is 1. The third-order valence-electron chi connectivity index (χ3n) is 4.15. The Bertz CT molecular complexity index is 658. The largest absolute Gasteiger partial charge is 0.370 e. The summed E-state index contributed by atoms with van der Waals surface area (Å²) in [6, 6.07) is 5.12. The maximum Gasteiger partial charge on any atom is 0.191 e.